The molecule has 1 N–H and O–H groups in total. The topological polar surface area (TPSA) is 21.3 Å². The van der Waals surface area contributed by atoms with Gasteiger partial charge in [0.1, 0.15) is 5.75 Å². The number of anilines is 1. The van der Waals surface area contributed by atoms with Gasteiger partial charge in [-0.25, -0.2) is 0 Å². The van der Waals surface area contributed by atoms with E-state index in [2.05, 4.69) is 48.6 Å². The predicted octanol–water partition coefficient (Wildman–Crippen LogP) is 3.71. The maximum absolute atomic E-state index is 5.25. The SMILES string of the molecule is COc1ccc(C2Cc3ccccc3N2)c(C)c1. The third kappa shape index (κ3) is 1.84. The van der Waals surface area contributed by atoms with Crippen LogP contribution in [0.4, 0.5) is 5.69 Å². The summed E-state index contributed by atoms with van der Waals surface area (Å²) in [5.41, 5.74) is 5.29. The number of benzene rings is 2. The first-order valence-electron chi connectivity index (χ1n) is 6.27. The van der Waals surface area contributed by atoms with Crippen LogP contribution >= 0.6 is 0 Å². The highest BCUT2D eigenvalue weighted by molar-refractivity contribution is 5.58. The number of ether oxygens (including phenoxy) is 1. The fourth-order valence-electron chi connectivity index (χ4n) is 2.65. The van der Waals surface area contributed by atoms with Gasteiger partial charge in [-0.2, -0.15) is 0 Å². The summed E-state index contributed by atoms with van der Waals surface area (Å²) in [7, 11) is 1.71. The van der Waals surface area contributed by atoms with Crippen molar-refractivity contribution in [3.63, 3.8) is 0 Å². The molecule has 0 spiro atoms. The fraction of sp³-hybridized carbons (Fsp3) is 0.250. The van der Waals surface area contributed by atoms with Crippen molar-refractivity contribution >= 4 is 5.69 Å². The number of hydrogen-bond acceptors (Lipinski definition) is 2. The molecule has 18 heavy (non-hydrogen) atoms. The van der Waals surface area contributed by atoms with Gasteiger partial charge in [0.15, 0.2) is 0 Å². The third-order valence-corrected chi connectivity index (χ3v) is 3.62. The minimum Gasteiger partial charge on any atom is -0.497 e. The number of hydrogen-bond donors (Lipinski definition) is 1. The van der Waals surface area contributed by atoms with Gasteiger partial charge in [-0.15, -0.1) is 0 Å². The van der Waals surface area contributed by atoms with E-state index < -0.39 is 0 Å². The third-order valence-electron chi connectivity index (χ3n) is 3.62. The van der Waals surface area contributed by atoms with Crippen LogP contribution in [0.15, 0.2) is 42.5 Å². The summed E-state index contributed by atoms with van der Waals surface area (Å²) in [6.45, 7) is 2.14. The summed E-state index contributed by atoms with van der Waals surface area (Å²) in [6, 6.07) is 15.2. The summed E-state index contributed by atoms with van der Waals surface area (Å²) in [4.78, 5) is 0. The molecule has 1 aliphatic heterocycles. The van der Waals surface area contributed by atoms with E-state index in [4.69, 9.17) is 4.74 Å². The maximum Gasteiger partial charge on any atom is 0.119 e. The lowest BCUT2D eigenvalue weighted by atomic mass is 9.98. The van der Waals surface area contributed by atoms with Crippen LogP contribution < -0.4 is 10.1 Å². The number of aryl methyl sites for hydroxylation is 1. The van der Waals surface area contributed by atoms with Gasteiger partial charge in [-0.05, 0) is 48.2 Å². The quantitative estimate of drug-likeness (QED) is 0.862. The van der Waals surface area contributed by atoms with Crippen LogP contribution in [0.25, 0.3) is 0 Å². The van der Waals surface area contributed by atoms with E-state index in [0.717, 1.165) is 12.2 Å². The van der Waals surface area contributed by atoms with E-state index in [9.17, 15) is 0 Å². The Hall–Kier alpha value is -1.96. The van der Waals surface area contributed by atoms with Crippen LogP contribution in [0.2, 0.25) is 0 Å². The molecule has 0 radical (unpaired) electrons. The molecular formula is C16H17NO. The maximum atomic E-state index is 5.25. The van der Waals surface area contributed by atoms with Crippen LogP contribution in [-0.4, -0.2) is 7.11 Å². The van der Waals surface area contributed by atoms with E-state index in [0.29, 0.717) is 6.04 Å². The highest BCUT2D eigenvalue weighted by atomic mass is 16.5. The highest BCUT2D eigenvalue weighted by Gasteiger charge is 2.22. The van der Waals surface area contributed by atoms with Gasteiger partial charge in [-0.3, -0.25) is 0 Å². The first kappa shape index (κ1) is 11.1. The molecule has 2 nitrogen and oxygen atoms in total. The lowest BCUT2D eigenvalue weighted by Gasteiger charge is -2.15. The number of fused-ring (bicyclic) bond motifs is 1. The molecular weight excluding hydrogens is 222 g/mol. The zero-order chi connectivity index (χ0) is 12.5. The molecule has 0 bridgehead atoms. The summed E-state index contributed by atoms with van der Waals surface area (Å²) in [6.07, 6.45) is 1.06. The van der Waals surface area contributed by atoms with Crippen molar-refractivity contribution in [3.05, 3.63) is 59.2 Å². The van der Waals surface area contributed by atoms with Crippen LogP contribution in [0.1, 0.15) is 22.7 Å². The van der Waals surface area contributed by atoms with Crippen molar-refractivity contribution in [2.24, 2.45) is 0 Å². The second-order valence-corrected chi connectivity index (χ2v) is 4.78. The standard InChI is InChI=1S/C16H17NO/c1-11-9-13(18-2)7-8-14(11)16-10-12-5-3-4-6-15(12)17-16/h3-9,16-17H,10H2,1-2H3. The Morgan fingerprint density at radius 2 is 2.00 bits per heavy atom. The zero-order valence-electron chi connectivity index (χ0n) is 10.7. The van der Waals surface area contributed by atoms with Crippen molar-refractivity contribution in [3.8, 4) is 5.75 Å². The number of rotatable bonds is 2. The summed E-state index contributed by atoms with van der Waals surface area (Å²) >= 11 is 0. The number of nitrogens with one attached hydrogen (secondary N) is 1. The molecule has 0 aromatic heterocycles. The van der Waals surface area contributed by atoms with Crippen LogP contribution in [-0.2, 0) is 6.42 Å². The Labute approximate surface area is 108 Å². The normalized spacial score (nSPS) is 17.1. The Morgan fingerprint density at radius 1 is 1.17 bits per heavy atom. The average Bonchev–Trinajstić information content (AvgIpc) is 2.81. The van der Waals surface area contributed by atoms with Crippen molar-refractivity contribution in [2.75, 3.05) is 12.4 Å². The summed E-state index contributed by atoms with van der Waals surface area (Å²) in [5, 5.41) is 3.59. The smallest absolute Gasteiger partial charge is 0.119 e. The predicted molar refractivity (Wildman–Crippen MR) is 74.2 cm³/mol. The van der Waals surface area contributed by atoms with Gasteiger partial charge in [0.25, 0.3) is 0 Å². The second-order valence-electron chi connectivity index (χ2n) is 4.78. The Bertz CT molecular complexity index is 552. The molecule has 0 saturated carbocycles. The van der Waals surface area contributed by atoms with Gasteiger partial charge < -0.3 is 10.1 Å². The lowest BCUT2D eigenvalue weighted by Crippen LogP contribution is -2.07. The zero-order valence-corrected chi connectivity index (χ0v) is 10.7. The Morgan fingerprint density at radius 3 is 2.72 bits per heavy atom. The Balaban J connectivity index is 1.90. The molecule has 2 aromatic rings. The van der Waals surface area contributed by atoms with E-state index in [1.165, 1.54) is 22.4 Å². The van der Waals surface area contributed by atoms with Crippen molar-refractivity contribution < 1.29 is 4.74 Å². The molecule has 2 aromatic carbocycles. The van der Waals surface area contributed by atoms with E-state index in [-0.39, 0.29) is 0 Å². The van der Waals surface area contributed by atoms with Crippen LogP contribution in [0.5, 0.6) is 5.75 Å². The van der Waals surface area contributed by atoms with Gasteiger partial charge >= 0.3 is 0 Å². The van der Waals surface area contributed by atoms with Crippen LogP contribution in [0, 0.1) is 6.92 Å². The van der Waals surface area contributed by atoms with E-state index in [1.54, 1.807) is 7.11 Å². The molecule has 2 heteroatoms. The molecule has 0 aliphatic carbocycles. The first-order chi connectivity index (χ1) is 8.78. The van der Waals surface area contributed by atoms with Gasteiger partial charge in [0.05, 0.1) is 13.2 Å². The molecule has 0 saturated heterocycles. The van der Waals surface area contributed by atoms with Gasteiger partial charge in [0.2, 0.25) is 0 Å². The minimum absolute atomic E-state index is 0.383. The first-order valence-corrected chi connectivity index (χ1v) is 6.27. The monoisotopic (exact) mass is 239 g/mol. The Kier molecular flexibility index (Phi) is 2.71. The van der Waals surface area contributed by atoms with Gasteiger partial charge in [-0.1, -0.05) is 24.3 Å². The molecule has 0 fully saturated rings. The summed E-state index contributed by atoms with van der Waals surface area (Å²) in [5.74, 6) is 0.923. The number of methoxy groups -OCH3 is 1. The molecule has 92 valence electrons. The number of para-hydroxylation sites is 1. The molecule has 1 heterocycles. The van der Waals surface area contributed by atoms with Crippen molar-refractivity contribution in [1.29, 1.82) is 0 Å². The average molecular weight is 239 g/mol. The molecule has 1 unspecified atom stereocenters. The molecule has 1 atom stereocenters. The minimum atomic E-state index is 0.383. The molecule has 0 amide bonds. The van der Waals surface area contributed by atoms with Crippen molar-refractivity contribution in [2.45, 2.75) is 19.4 Å². The van der Waals surface area contributed by atoms with Gasteiger partial charge in [0, 0.05) is 5.69 Å². The lowest BCUT2D eigenvalue weighted by molar-refractivity contribution is 0.414. The molecule has 3 rings (SSSR count). The largest absolute Gasteiger partial charge is 0.497 e. The van der Waals surface area contributed by atoms with Crippen molar-refractivity contribution in [1.82, 2.24) is 0 Å². The fourth-order valence-corrected chi connectivity index (χ4v) is 2.65. The summed E-state index contributed by atoms with van der Waals surface area (Å²) < 4.78 is 5.25. The highest BCUT2D eigenvalue weighted by Crippen LogP contribution is 2.35. The van der Waals surface area contributed by atoms with E-state index >= 15 is 0 Å². The van der Waals surface area contributed by atoms with E-state index in [1.807, 2.05) is 6.07 Å². The second kappa shape index (κ2) is 4.37. The molecule has 1 aliphatic rings. The van der Waals surface area contributed by atoms with Crippen LogP contribution in [0.3, 0.4) is 0 Å².